The number of nitrogens with two attached hydrogens (primary N) is 1. The molecule has 0 aliphatic rings. The maximum atomic E-state index is 6.88. The van der Waals surface area contributed by atoms with Crippen molar-refractivity contribution in [2.24, 2.45) is 4.99 Å². The molecule has 0 aliphatic carbocycles. The zero-order chi connectivity index (χ0) is 35.9. The first-order chi connectivity index (χ1) is 26.6. The number of hydrogen-bond donors (Lipinski definition) is 1. The van der Waals surface area contributed by atoms with Crippen molar-refractivity contribution in [3.8, 4) is 5.69 Å². The van der Waals surface area contributed by atoms with Crippen LogP contribution in [0.25, 0.3) is 81.9 Å². The van der Waals surface area contributed by atoms with Gasteiger partial charge in [0.05, 0.1) is 28.5 Å². The van der Waals surface area contributed by atoms with Crippen LogP contribution >= 0.6 is 0 Å². The van der Waals surface area contributed by atoms with Gasteiger partial charge < -0.3 is 19.1 Å². The number of hydrogen-bond acceptors (Lipinski definition) is 4. The van der Waals surface area contributed by atoms with Crippen LogP contribution in [0.5, 0.6) is 0 Å². The van der Waals surface area contributed by atoms with Crippen molar-refractivity contribution < 1.29 is 8.83 Å². The molecule has 11 rings (SSSR count). The molecule has 0 aliphatic heterocycles. The Morgan fingerprint density at radius 1 is 0.574 bits per heavy atom. The van der Waals surface area contributed by atoms with Gasteiger partial charge in [0.15, 0.2) is 11.3 Å². The molecule has 0 amide bonds. The molecule has 0 radical (unpaired) electrons. The first kappa shape index (κ1) is 30.5. The van der Waals surface area contributed by atoms with Gasteiger partial charge in [-0.2, -0.15) is 0 Å². The van der Waals surface area contributed by atoms with Crippen molar-refractivity contribution in [1.82, 2.24) is 4.57 Å². The number of aliphatic imine (C=N–C) groups is 1. The molecule has 256 valence electrons. The summed E-state index contributed by atoms with van der Waals surface area (Å²) in [6, 6.07) is 56.8. The van der Waals surface area contributed by atoms with E-state index in [4.69, 9.17) is 19.6 Å². The normalized spacial score (nSPS) is 13.0. The number of para-hydroxylation sites is 3. The minimum atomic E-state index is -0.274. The molecule has 2 N–H and O–H groups in total. The molecule has 3 heterocycles. The molecule has 5 heteroatoms. The minimum Gasteiger partial charge on any atom is -0.454 e. The number of nitrogens with zero attached hydrogens (tertiary/aromatic N) is 2. The Kier molecular flexibility index (Phi) is 6.61. The highest BCUT2D eigenvalue weighted by atomic mass is 16.3. The fraction of sp³-hybridized carbons (Fsp3) is 0.0408. The van der Waals surface area contributed by atoms with E-state index in [1.54, 1.807) is 0 Å². The second-order valence-corrected chi connectivity index (χ2v) is 14.1. The predicted octanol–water partition coefficient (Wildman–Crippen LogP) is 12.9. The summed E-state index contributed by atoms with van der Waals surface area (Å²) in [5.41, 5.74) is 15.8. The van der Waals surface area contributed by atoms with Gasteiger partial charge in [-0.1, -0.05) is 127 Å². The average Bonchev–Trinajstić information content (AvgIpc) is 3.89. The maximum absolute atomic E-state index is 6.88. The van der Waals surface area contributed by atoms with Gasteiger partial charge >= 0.3 is 0 Å². The van der Waals surface area contributed by atoms with E-state index < -0.39 is 0 Å². The van der Waals surface area contributed by atoms with Crippen molar-refractivity contribution in [1.29, 1.82) is 0 Å². The third kappa shape index (κ3) is 4.48. The molecular weight excluding hydrogens is 663 g/mol. The number of benzene rings is 8. The Balaban J connectivity index is 1.14. The van der Waals surface area contributed by atoms with E-state index in [1.807, 2.05) is 24.3 Å². The molecule has 1 unspecified atom stereocenters. The van der Waals surface area contributed by atoms with Crippen LogP contribution in [-0.4, -0.2) is 10.3 Å². The molecule has 8 aromatic carbocycles. The van der Waals surface area contributed by atoms with Gasteiger partial charge in [-0.15, -0.1) is 0 Å². The molecule has 0 fully saturated rings. The summed E-state index contributed by atoms with van der Waals surface area (Å²) in [6.07, 6.45) is 0. The Labute approximate surface area is 310 Å². The molecule has 1 atom stereocenters. The van der Waals surface area contributed by atoms with Crippen LogP contribution in [0.4, 0.5) is 5.69 Å². The van der Waals surface area contributed by atoms with E-state index in [0.717, 1.165) is 66.0 Å². The van der Waals surface area contributed by atoms with Crippen LogP contribution in [0, 0.1) is 0 Å². The smallest absolute Gasteiger partial charge is 0.176 e. The van der Waals surface area contributed by atoms with Crippen LogP contribution in [-0.2, 0) is 0 Å². The summed E-state index contributed by atoms with van der Waals surface area (Å²) in [5.74, 6) is 0.573. The lowest BCUT2D eigenvalue weighted by Gasteiger charge is -2.13. The van der Waals surface area contributed by atoms with E-state index in [2.05, 4.69) is 151 Å². The van der Waals surface area contributed by atoms with Crippen LogP contribution < -0.4 is 5.73 Å². The number of rotatable bonds is 5. The highest BCUT2D eigenvalue weighted by Gasteiger charge is 2.24. The van der Waals surface area contributed by atoms with Crippen molar-refractivity contribution >= 4 is 87.7 Å². The van der Waals surface area contributed by atoms with E-state index in [9.17, 15) is 0 Å². The largest absolute Gasteiger partial charge is 0.454 e. The van der Waals surface area contributed by atoms with Gasteiger partial charge in [0.2, 0.25) is 0 Å². The van der Waals surface area contributed by atoms with Crippen LogP contribution in [0.3, 0.4) is 0 Å². The van der Waals surface area contributed by atoms with Crippen LogP contribution in [0.15, 0.2) is 178 Å². The minimum absolute atomic E-state index is 0.274. The Hall–Kier alpha value is -7.11. The van der Waals surface area contributed by atoms with E-state index in [1.165, 1.54) is 27.1 Å². The Morgan fingerprint density at radius 2 is 1.26 bits per heavy atom. The summed E-state index contributed by atoms with van der Waals surface area (Å²) >= 11 is 0. The fourth-order valence-corrected chi connectivity index (χ4v) is 8.47. The SMILES string of the molecule is CC(N=C(c1ccc2ccccc2c1)c1oc2ccccc2c1N)c1cccc2oc3c(-n4c5ccccc5c5ccc6ccccc6c54)cccc3c12. The van der Waals surface area contributed by atoms with Gasteiger partial charge in [0.1, 0.15) is 16.9 Å². The first-order valence-corrected chi connectivity index (χ1v) is 18.3. The molecular formula is C49H33N3O2. The quantitative estimate of drug-likeness (QED) is 0.182. The zero-order valence-electron chi connectivity index (χ0n) is 29.5. The fourth-order valence-electron chi connectivity index (χ4n) is 8.47. The lowest BCUT2D eigenvalue weighted by Crippen LogP contribution is -2.07. The first-order valence-electron chi connectivity index (χ1n) is 18.3. The van der Waals surface area contributed by atoms with Gasteiger partial charge in [-0.05, 0) is 65.0 Å². The van der Waals surface area contributed by atoms with Crippen molar-refractivity contribution in [2.75, 3.05) is 5.73 Å². The van der Waals surface area contributed by atoms with Crippen molar-refractivity contribution in [3.05, 3.63) is 181 Å². The summed E-state index contributed by atoms with van der Waals surface area (Å²) in [5, 5.41) is 10.1. The number of nitrogen functional groups attached to an aromatic ring is 1. The molecule has 0 bridgehead atoms. The van der Waals surface area contributed by atoms with E-state index >= 15 is 0 Å². The maximum Gasteiger partial charge on any atom is 0.176 e. The lowest BCUT2D eigenvalue weighted by atomic mass is 9.99. The second kappa shape index (κ2) is 11.7. The number of fused-ring (bicyclic) bond motifs is 10. The van der Waals surface area contributed by atoms with Gasteiger partial charge in [-0.3, -0.25) is 4.99 Å². The van der Waals surface area contributed by atoms with E-state index in [0.29, 0.717) is 17.2 Å². The third-order valence-electron chi connectivity index (χ3n) is 11.0. The van der Waals surface area contributed by atoms with Crippen LogP contribution in [0.1, 0.15) is 29.9 Å². The van der Waals surface area contributed by atoms with E-state index in [-0.39, 0.29) is 6.04 Å². The Morgan fingerprint density at radius 3 is 2.13 bits per heavy atom. The average molecular weight is 696 g/mol. The number of anilines is 1. The third-order valence-corrected chi connectivity index (χ3v) is 11.0. The summed E-state index contributed by atoms with van der Waals surface area (Å²) in [4.78, 5) is 5.47. The summed E-state index contributed by atoms with van der Waals surface area (Å²) < 4.78 is 15.7. The Bertz CT molecular complexity index is 3320. The standard InChI is InChI=1S/C49H33N3O2/c1-29(51-46(33-25-24-30-12-2-3-14-32(30)28-33)49-45(50)38-17-7-9-22-42(38)53-49)34-18-11-23-43-44(34)39-19-10-21-41(48(39)54-43)52-40-20-8-6-16-36(40)37-27-26-31-13-4-5-15-35(31)47(37)52/h2-29H,50H2,1H3. The number of furan rings is 2. The van der Waals surface area contributed by atoms with Crippen molar-refractivity contribution in [2.45, 2.75) is 13.0 Å². The summed E-state index contributed by atoms with van der Waals surface area (Å²) in [7, 11) is 0. The molecule has 0 saturated heterocycles. The molecule has 0 saturated carbocycles. The molecule has 11 aromatic rings. The zero-order valence-corrected chi connectivity index (χ0v) is 29.5. The molecule has 5 nitrogen and oxygen atoms in total. The number of aromatic nitrogens is 1. The van der Waals surface area contributed by atoms with Gasteiger partial charge in [-0.25, -0.2) is 0 Å². The molecule has 54 heavy (non-hydrogen) atoms. The lowest BCUT2D eigenvalue weighted by molar-refractivity contribution is 0.605. The highest BCUT2D eigenvalue weighted by molar-refractivity contribution is 6.21. The molecule has 3 aromatic heterocycles. The van der Waals surface area contributed by atoms with Crippen molar-refractivity contribution in [3.63, 3.8) is 0 Å². The monoisotopic (exact) mass is 695 g/mol. The highest BCUT2D eigenvalue weighted by Crippen LogP contribution is 2.42. The van der Waals surface area contributed by atoms with Crippen LogP contribution in [0.2, 0.25) is 0 Å². The van der Waals surface area contributed by atoms with Gasteiger partial charge in [0.25, 0.3) is 0 Å². The van der Waals surface area contributed by atoms with Gasteiger partial charge in [0, 0.05) is 37.9 Å². The predicted molar refractivity (Wildman–Crippen MR) is 224 cm³/mol. The second-order valence-electron chi connectivity index (χ2n) is 14.1. The summed E-state index contributed by atoms with van der Waals surface area (Å²) in [6.45, 7) is 2.14. The topological polar surface area (TPSA) is 69.6 Å². The molecule has 0 spiro atoms.